The van der Waals surface area contributed by atoms with E-state index in [1.54, 1.807) is 12.1 Å². The molecule has 178 valence electrons. The number of piperidine rings is 1. The molecule has 12 nitrogen and oxygen atoms in total. The first-order valence-corrected chi connectivity index (χ1v) is 10.3. The van der Waals surface area contributed by atoms with Crippen LogP contribution >= 0.6 is 0 Å². The van der Waals surface area contributed by atoms with Gasteiger partial charge in [0.15, 0.2) is 5.82 Å². The topological polar surface area (TPSA) is 186 Å². The summed E-state index contributed by atoms with van der Waals surface area (Å²) in [6, 6.07) is 6.93. The highest BCUT2D eigenvalue weighted by molar-refractivity contribution is 6.14. The molecule has 1 fully saturated rings. The molecule has 0 bridgehead atoms. The SMILES string of the molecule is N#CCC1(n2cc(C(N)=O)c(NC=O)n2)CCN(Cc2ccc(N/N=C\C=N)c(O)c2)CC1F. The van der Waals surface area contributed by atoms with Crippen molar-refractivity contribution in [2.24, 2.45) is 10.8 Å². The van der Waals surface area contributed by atoms with Gasteiger partial charge in [-0.2, -0.15) is 15.5 Å². The fraction of sp³-hybridized carbons (Fsp3) is 0.333. The highest BCUT2D eigenvalue weighted by Crippen LogP contribution is 2.37. The van der Waals surface area contributed by atoms with Crippen LogP contribution in [0.1, 0.15) is 28.8 Å². The molecular formula is C21H24FN9O3. The van der Waals surface area contributed by atoms with E-state index < -0.39 is 17.6 Å². The summed E-state index contributed by atoms with van der Waals surface area (Å²) in [5.41, 5.74) is 7.66. The molecule has 13 heteroatoms. The van der Waals surface area contributed by atoms with Crippen LogP contribution in [0.5, 0.6) is 5.75 Å². The number of benzene rings is 1. The monoisotopic (exact) mass is 469 g/mol. The van der Waals surface area contributed by atoms with E-state index in [9.17, 15) is 20.0 Å². The van der Waals surface area contributed by atoms with Gasteiger partial charge in [0.2, 0.25) is 6.41 Å². The normalized spacial score (nSPS) is 20.5. The minimum Gasteiger partial charge on any atom is -0.506 e. The van der Waals surface area contributed by atoms with Crippen molar-refractivity contribution < 1.29 is 19.1 Å². The summed E-state index contributed by atoms with van der Waals surface area (Å²) in [6.45, 7) is 0.743. The van der Waals surface area contributed by atoms with Crippen molar-refractivity contribution in [2.45, 2.75) is 31.1 Å². The number of phenols is 1. The highest BCUT2D eigenvalue weighted by Gasteiger charge is 2.46. The third-order valence-corrected chi connectivity index (χ3v) is 5.68. The Bertz CT molecular complexity index is 1140. The molecule has 2 unspecified atom stereocenters. The smallest absolute Gasteiger partial charge is 0.254 e. The number of primary amides is 1. The summed E-state index contributed by atoms with van der Waals surface area (Å²) in [7, 11) is 0. The van der Waals surface area contributed by atoms with Gasteiger partial charge in [-0.3, -0.25) is 24.6 Å². The Labute approximate surface area is 194 Å². The molecule has 2 amide bonds. The summed E-state index contributed by atoms with van der Waals surface area (Å²) in [4.78, 5) is 24.4. The van der Waals surface area contributed by atoms with Crippen molar-refractivity contribution in [3.05, 3.63) is 35.5 Å². The maximum absolute atomic E-state index is 15.6. The number of likely N-dealkylation sites (tertiary alicyclic amines) is 1. The Morgan fingerprint density at radius 2 is 2.32 bits per heavy atom. The van der Waals surface area contributed by atoms with Crippen molar-refractivity contribution in [1.82, 2.24) is 14.7 Å². The average molecular weight is 469 g/mol. The van der Waals surface area contributed by atoms with Crippen LogP contribution in [-0.4, -0.2) is 63.8 Å². The molecule has 1 aromatic carbocycles. The number of hydrazone groups is 1. The van der Waals surface area contributed by atoms with E-state index in [1.165, 1.54) is 23.2 Å². The Morgan fingerprint density at radius 1 is 1.53 bits per heavy atom. The molecule has 0 spiro atoms. The maximum atomic E-state index is 15.6. The predicted molar refractivity (Wildman–Crippen MR) is 122 cm³/mol. The second-order valence-electron chi connectivity index (χ2n) is 7.76. The zero-order chi connectivity index (χ0) is 24.7. The largest absolute Gasteiger partial charge is 0.506 e. The Balaban J connectivity index is 1.78. The van der Waals surface area contributed by atoms with Crippen molar-refractivity contribution in [1.29, 1.82) is 10.7 Å². The number of amides is 2. The highest BCUT2D eigenvalue weighted by atomic mass is 19.1. The fourth-order valence-corrected chi connectivity index (χ4v) is 3.93. The molecule has 6 N–H and O–H groups in total. The number of rotatable bonds is 10. The van der Waals surface area contributed by atoms with Gasteiger partial charge in [0.05, 0.1) is 24.4 Å². The van der Waals surface area contributed by atoms with Crippen LogP contribution in [0, 0.1) is 16.7 Å². The van der Waals surface area contributed by atoms with Crippen LogP contribution in [0.3, 0.4) is 0 Å². The third-order valence-electron chi connectivity index (χ3n) is 5.68. The summed E-state index contributed by atoms with van der Waals surface area (Å²) >= 11 is 0. The van der Waals surface area contributed by atoms with E-state index in [0.29, 0.717) is 25.2 Å². The maximum Gasteiger partial charge on any atom is 0.254 e. The number of carbonyl (C=O) groups is 2. The lowest BCUT2D eigenvalue weighted by molar-refractivity contribution is -0.105. The lowest BCUT2D eigenvalue weighted by atomic mass is 9.83. The first kappa shape index (κ1) is 24.3. The van der Waals surface area contributed by atoms with Gasteiger partial charge in [-0.15, -0.1) is 0 Å². The standard InChI is InChI=1S/C21H24FN9O3/c22-18-12-30(10-14-1-2-16(17(33)9-14)28-27-7-6-24)8-4-21(18,3-5-23)31-11-15(19(25)34)20(29-31)26-13-32/h1-2,6-7,9,11,13,18,24,28,33H,3-4,8,10,12H2,(H2,25,34)(H,26,29,32)/b24-6?,27-7-. The van der Waals surface area contributed by atoms with Crippen molar-refractivity contribution >= 4 is 36.3 Å². The van der Waals surface area contributed by atoms with Gasteiger partial charge in [-0.05, 0) is 24.1 Å². The van der Waals surface area contributed by atoms with Crippen LogP contribution < -0.4 is 16.5 Å². The number of hydrogen-bond acceptors (Lipinski definition) is 9. The van der Waals surface area contributed by atoms with Gasteiger partial charge in [0.1, 0.15) is 23.0 Å². The van der Waals surface area contributed by atoms with Crippen LogP contribution in [0.15, 0.2) is 29.5 Å². The van der Waals surface area contributed by atoms with Crippen molar-refractivity contribution in [3.63, 3.8) is 0 Å². The van der Waals surface area contributed by atoms with Crippen molar-refractivity contribution in [2.75, 3.05) is 23.8 Å². The number of nitrogens with one attached hydrogen (secondary N) is 3. The first-order valence-electron chi connectivity index (χ1n) is 10.3. The molecule has 1 saturated heterocycles. The summed E-state index contributed by atoms with van der Waals surface area (Å²) in [5, 5.41) is 36.7. The molecule has 2 aromatic rings. The number of alkyl halides is 1. The van der Waals surface area contributed by atoms with Crippen LogP contribution in [0.25, 0.3) is 0 Å². The molecule has 1 aliphatic rings. The van der Waals surface area contributed by atoms with Crippen LogP contribution in [-0.2, 0) is 16.9 Å². The second kappa shape index (κ2) is 10.5. The summed E-state index contributed by atoms with van der Waals surface area (Å²) in [5.74, 6) is -0.974. The minimum atomic E-state index is -1.52. The Kier molecular flexibility index (Phi) is 7.54. The first-order chi connectivity index (χ1) is 16.3. The number of carbonyl (C=O) groups excluding carboxylic acids is 2. The molecule has 3 rings (SSSR count). The number of phenolic OH excluding ortho intramolecular Hbond substituents is 1. The van der Waals surface area contributed by atoms with E-state index in [2.05, 4.69) is 20.9 Å². The van der Waals surface area contributed by atoms with Gasteiger partial charge >= 0.3 is 0 Å². The molecular weight excluding hydrogens is 445 g/mol. The second-order valence-corrected chi connectivity index (χ2v) is 7.76. The van der Waals surface area contributed by atoms with Gasteiger partial charge in [-0.25, -0.2) is 4.39 Å². The van der Waals surface area contributed by atoms with E-state index in [0.717, 1.165) is 11.8 Å². The zero-order valence-electron chi connectivity index (χ0n) is 18.1. The predicted octanol–water partition coefficient (Wildman–Crippen LogP) is 1.16. The van der Waals surface area contributed by atoms with E-state index in [1.807, 2.05) is 11.0 Å². The quantitative estimate of drug-likeness (QED) is 0.149. The number of nitrogens with two attached hydrogens (primary N) is 1. The van der Waals surface area contributed by atoms with Gasteiger partial charge in [-0.1, -0.05) is 6.07 Å². The lowest BCUT2D eigenvalue weighted by Gasteiger charge is -2.43. The fourth-order valence-electron chi connectivity index (χ4n) is 3.93. The number of nitrogens with zero attached hydrogens (tertiary/aromatic N) is 5. The summed E-state index contributed by atoms with van der Waals surface area (Å²) < 4.78 is 16.8. The Morgan fingerprint density at radius 3 is 2.94 bits per heavy atom. The molecule has 1 aromatic heterocycles. The Hall–Kier alpha value is -4.31. The molecule has 2 atom stereocenters. The van der Waals surface area contributed by atoms with E-state index in [4.69, 9.17) is 11.1 Å². The summed E-state index contributed by atoms with van der Waals surface area (Å²) in [6.07, 6.45) is 2.31. The lowest BCUT2D eigenvalue weighted by Crippen LogP contribution is -2.54. The number of hydrogen-bond donors (Lipinski definition) is 5. The van der Waals surface area contributed by atoms with E-state index in [-0.39, 0.29) is 36.5 Å². The van der Waals surface area contributed by atoms with Gasteiger partial charge in [0, 0.05) is 32.0 Å². The number of anilines is 2. The van der Waals surface area contributed by atoms with Crippen molar-refractivity contribution in [3.8, 4) is 11.8 Å². The number of nitriles is 1. The molecule has 0 aliphatic carbocycles. The third kappa shape index (κ3) is 5.02. The van der Waals surface area contributed by atoms with Gasteiger partial charge < -0.3 is 21.6 Å². The zero-order valence-corrected chi connectivity index (χ0v) is 18.1. The van der Waals surface area contributed by atoms with E-state index >= 15 is 4.39 Å². The number of aromatic nitrogens is 2. The number of aromatic hydroxyl groups is 1. The molecule has 1 aliphatic heterocycles. The molecule has 0 radical (unpaired) electrons. The minimum absolute atomic E-state index is 0.0196. The average Bonchev–Trinajstić information content (AvgIpc) is 3.22. The van der Waals surface area contributed by atoms with Crippen LogP contribution in [0.4, 0.5) is 15.9 Å². The molecule has 0 saturated carbocycles. The molecule has 34 heavy (non-hydrogen) atoms. The van der Waals surface area contributed by atoms with Gasteiger partial charge in [0.25, 0.3) is 5.91 Å². The number of halogens is 1. The molecule has 2 heterocycles. The van der Waals surface area contributed by atoms with Crippen LogP contribution in [0.2, 0.25) is 0 Å².